The van der Waals surface area contributed by atoms with E-state index in [-0.39, 0.29) is 24.9 Å². The molecule has 0 saturated carbocycles. The van der Waals surface area contributed by atoms with Crippen molar-refractivity contribution in [3.8, 4) is 11.5 Å². The summed E-state index contributed by atoms with van der Waals surface area (Å²) in [6.45, 7) is 0.204. The van der Waals surface area contributed by atoms with E-state index >= 15 is 0 Å². The van der Waals surface area contributed by atoms with Gasteiger partial charge >= 0.3 is 6.03 Å². The number of hydrogen-bond acceptors (Lipinski definition) is 5. The first kappa shape index (κ1) is 18.2. The van der Waals surface area contributed by atoms with Gasteiger partial charge in [-0.3, -0.25) is 14.5 Å². The highest BCUT2D eigenvalue weighted by Gasteiger charge is 2.34. The quantitative estimate of drug-likeness (QED) is 0.761. The van der Waals surface area contributed by atoms with E-state index in [9.17, 15) is 14.4 Å². The third-order valence-corrected chi connectivity index (χ3v) is 4.16. The van der Waals surface area contributed by atoms with Gasteiger partial charge in [0.2, 0.25) is 0 Å². The smallest absolute Gasteiger partial charge is 0.319 e. The van der Waals surface area contributed by atoms with Crippen LogP contribution in [0.3, 0.4) is 0 Å². The van der Waals surface area contributed by atoms with Crippen LogP contribution in [0.4, 0.5) is 10.5 Å². The lowest BCUT2D eigenvalue weighted by molar-refractivity contribution is 0.0656. The first-order chi connectivity index (χ1) is 13.0. The lowest BCUT2D eigenvalue weighted by Crippen LogP contribution is -2.39. The molecule has 2 aromatic rings. The Hall–Kier alpha value is -3.55. The molecule has 27 heavy (non-hydrogen) atoms. The van der Waals surface area contributed by atoms with Crippen molar-refractivity contribution < 1.29 is 23.9 Å². The van der Waals surface area contributed by atoms with Gasteiger partial charge in [-0.25, -0.2) is 4.79 Å². The van der Waals surface area contributed by atoms with Crippen LogP contribution in [0, 0.1) is 0 Å². The summed E-state index contributed by atoms with van der Waals surface area (Å²) < 4.78 is 10.3. The summed E-state index contributed by atoms with van der Waals surface area (Å²) in [7, 11) is 3.02. The number of nitrogens with zero attached hydrogens (tertiary/aromatic N) is 1. The molecule has 0 unspecified atom stereocenters. The molecule has 0 aliphatic carbocycles. The fraction of sp³-hybridized carbons (Fsp3) is 0.211. The molecule has 2 aromatic carbocycles. The topological polar surface area (TPSA) is 97.0 Å². The Morgan fingerprint density at radius 3 is 2.26 bits per heavy atom. The SMILES string of the molecule is COc1ccc(NC(=O)NCCN2C(=O)c3ccccc3C2=O)c(OC)c1. The monoisotopic (exact) mass is 369 g/mol. The van der Waals surface area contributed by atoms with E-state index in [2.05, 4.69) is 10.6 Å². The molecule has 0 bridgehead atoms. The Morgan fingerprint density at radius 1 is 1.00 bits per heavy atom. The van der Waals surface area contributed by atoms with Crippen molar-refractivity contribution in [2.24, 2.45) is 0 Å². The van der Waals surface area contributed by atoms with Crippen molar-refractivity contribution >= 4 is 23.5 Å². The molecule has 8 nitrogen and oxygen atoms in total. The van der Waals surface area contributed by atoms with Gasteiger partial charge in [0.05, 0.1) is 31.0 Å². The number of carbonyl (C=O) groups is 3. The van der Waals surface area contributed by atoms with Gasteiger partial charge in [-0.15, -0.1) is 0 Å². The molecule has 0 spiro atoms. The van der Waals surface area contributed by atoms with Crippen LogP contribution >= 0.6 is 0 Å². The molecule has 0 atom stereocenters. The number of nitrogens with one attached hydrogen (secondary N) is 2. The largest absolute Gasteiger partial charge is 0.497 e. The number of urea groups is 1. The molecule has 1 aliphatic rings. The van der Waals surface area contributed by atoms with Crippen LogP contribution in [0.25, 0.3) is 0 Å². The zero-order valence-electron chi connectivity index (χ0n) is 14.9. The molecule has 1 heterocycles. The maximum absolute atomic E-state index is 12.3. The fourth-order valence-electron chi connectivity index (χ4n) is 2.79. The summed E-state index contributed by atoms with van der Waals surface area (Å²) in [5.41, 5.74) is 1.24. The second-order valence-electron chi connectivity index (χ2n) is 5.75. The lowest BCUT2D eigenvalue weighted by atomic mass is 10.1. The first-order valence-corrected chi connectivity index (χ1v) is 8.27. The highest BCUT2D eigenvalue weighted by atomic mass is 16.5. The predicted octanol–water partition coefficient (Wildman–Crippen LogP) is 2.12. The van der Waals surface area contributed by atoms with E-state index in [0.717, 1.165) is 4.90 Å². The average molecular weight is 369 g/mol. The van der Waals surface area contributed by atoms with Crippen LogP contribution in [-0.4, -0.2) is 50.1 Å². The number of amides is 4. The zero-order chi connectivity index (χ0) is 19.4. The second kappa shape index (κ2) is 7.77. The van der Waals surface area contributed by atoms with Gasteiger partial charge in [0.1, 0.15) is 11.5 Å². The first-order valence-electron chi connectivity index (χ1n) is 8.27. The van der Waals surface area contributed by atoms with Crippen molar-refractivity contribution in [2.45, 2.75) is 0 Å². The average Bonchev–Trinajstić information content (AvgIpc) is 2.93. The van der Waals surface area contributed by atoms with Gasteiger partial charge < -0.3 is 20.1 Å². The lowest BCUT2D eigenvalue weighted by Gasteiger charge is -2.15. The Kier molecular flexibility index (Phi) is 5.25. The summed E-state index contributed by atoms with van der Waals surface area (Å²) in [5.74, 6) is 0.345. The third kappa shape index (κ3) is 3.69. The number of carbonyl (C=O) groups excluding carboxylic acids is 3. The van der Waals surface area contributed by atoms with Crippen molar-refractivity contribution in [1.29, 1.82) is 0 Å². The molecule has 0 radical (unpaired) electrons. The fourth-order valence-corrected chi connectivity index (χ4v) is 2.79. The minimum Gasteiger partial charge on any atom is -0.497 e. The highest BCUT2D eigenvalue weighted by molar-refractivity contribution is 6.21. The Labute approximate surface area is 156 Å². The number of methoxy groups -OCH3 is 2. The van der Waals surface area contributed by atoms with Crippen LogP contribution in [0.1, 0.15) is 20.7 Å². The van der Waals surface area contributed by atoms with Crippen LogP contribution < -0.4 is 20.1 Å². The summed E-state index contributed by atoms with van der Waals surface area (Å²) >= 11 is 0. The van der Waals surface area contributed by atoms with Gasteiger partial charge in [0, 0.05) is 19.2 Å². The Morgan fingerprint density at radius 2 is 1.67 bits per heavy atom. The zero-order valence-corrected chi connectivity index (χ0v) is 14.9. The van der Waals surface area contributed by atoms with Gasteiger partial charge in [0.15, 0.2) is 0 Å². The Bertz CT molecular complexity index is 862. The molecule has 0 aromatic heterocycles. The maximum atomic E-state index is 12.3. The number of anilines is 1. The summed E-state index contributed by atoms with van der Waals surface area (Å²) in [6.07, 6.45) is 0. The van der Waals surface area contributed by atoms with Gasteiger partial charge in [-0.1, -0.05) is 12.1 Å². The Balaban J connectivity index is 1.55. The van der Waals surface area contributed by atoms with Crippen LogP contribution in [0.2, 0.25) is 0 Å². The van der Waals surface area contributed by atoms with Crippen LogP contribution in [0.15, 0.2) is 42.5 Å². The molecular formula is C19H19N3O5. The third-order valence-electron chi connectivity index (χ3n) is 4.16. The predicted molar refractivity (Wildman–Crippen MR) is 98.4 cm³/mol. The molecule has 8 heteroatoms. The molecule has 4 amide bonds. The normalized spacial score (nSPS) is 12.6. The molecule has 140 valence electrons. The minimum atomic E-state index is -0.477. The number of rotatable bonds is 6. The second-order valence-corrected chi connectivity index (χ2v) is 5.75. The van der Waals surface area contributed by atoms with Gasteiger partial charge in [0.25, 0.3) is 11.8 Å². The number of benzene rings is 2. The van der Waals surface area contributed by atoms with E-state index in [1.165, 1.54) is 14.2 Å². The molecule has 3 rings (SSSR count). The van der Waals surface area contributed by atoms with Crippen LogP contribution in [0.5, 0.6) is 11.5 Å². The summed E-state index contributed by atoms with van der Waals surface area (Å²) in [4.78, 5) is 37.7. The minimum absolute atomic E-state index is 0.0829. The van der Waals surface area contributed by atoms with E-state index in [1.807, 2.05) is 0 Å². The molecule has 2 N–H and O–H groups in total. The number of hydrogen-bond donors (Lipinski definition) is 2. The molecular weight excluding hydrogens is 350 g/mol. The van der Waals surface area contributed by atoms with Crippen molar-refractivity contribution in [1.82, 2.24) is 10.2 Å². The maximum Gasteiger partial charge on any atom is 0.319 e. The van der Waals surface area contributed by atoms with Gasteiger partial charge in [-0.05, 0) is 24.3 Å². The van der Waals surface area contributed by atoms with E-state index in [1.54, 1.807) is 42.5 Å². The van der Waals surface area contributed by atoms with Gasteiger partial charge in [-0.2, -0.15) is 0 Å². The number of fused-ring (bicyclic) bond motifs is 1. The molecule has 0 saturated heterocycles. The standard InChI is InChI=1S/C19H19N3O5/c1-26-12-7-8-15(16(11-12)27-2)21-19(25)20-9-10-22-17(23)13-5-3-4-6-14(13)18(22)24/h3-8,11H,9-10H2,1-2H3,(H2,20,21,25). The van der Waals surface area contributed by atoms with E-state index < -0.39 is 6.03 Å². The highest BCUT2D eigenvalue weighted by Crippen LogP contribution is 2.28. The number of ether oxygens (including phenoxy) is 2. The van der Waals surface area contributed by atoms with Crippen molar-refractivity contribution in [2.75, 3.05) is 32.6 Å². The van der Waals surface area contributed by atoms with Crippen molar-refractivity contribution in [3.05, 3.63) is 53.6 Å². The van der Waals surface area contributed by atoms with E-state index in [4.69, 9.17) is 9.47 Å². The molecule has 1 aliphatic heterocycles. The van der Waals surface area contributed by atoms with Crippen molar-refractivity contribution in [3.63, 3.8) is 0 Å². The van der Waals surface area contributed by atoms with E-state index in [0.29, 0.717) is 28.3 Å². The summed E-state index contributed by atoms with van der Waals surface area (Å²) in [6, 6.07) is 11.2. The number of imide groups is 1. The molecule has 0 fully saturated rings. The summed E-state index contributed by atoms with van der Waals surface area (Å²) in [5, 5.41) is 5.28. The van der Waals surface area contributed by atoms with Crippen LogP contribution in [-0.2, 0) is 0 Å².